The highest BCUT2D eigenvalue weighted by molar-refractivity contribution is 8.00. The maximum absolute atomic E-state index is 14.6. The molecule has 1 aliphatic heterocycles. The Morgan fingerprint density at radius 1 is 1.50 bits per heavy atom. The molecule has 0 aliphatic carbocycles. The van der Waals surface area contributed by atoms with E-state index < -0.39 is 0 Å². The first-order chi connectivity index (χ1) is 9.53. The van der Waals surface area contributed by atoms with Crippen LogP contribution in [0.15, 0.2) is 12.3 Å². The summed E-state index contributed by atoms with van der Waals surface area (Å²) in [7, 11) is 0. The van der Waals surface area contributed by atoms with Crippen LogP contribution in [0.3, 0.4) is 0 Å². The summed E-state index contributed by atoms with van der Waals surface area (Å²) in [5.74, 6) is 1.36. The molecule has 1 aromatic heterocycles. The molecule has 1 saturated heterocycles. The fourth-order valence-corrected chi connectivity index (χ4v) is 3.54. The second-order valence-corrected chi connectivity index (χ2v) is 7.62. The van der Waals surface area contributed by atoms with E-state index in [1.54, 1.807) is 12.3 Å². The lowest BCUT2D eigenvalue weighted by Crippen LogP contribution is -2.44. The minimum atomic E-state index is -0.168. The Kier molecular flexibility index (Phi) is 5.27. The van der Waals surface area contributed by atoms with Crippen LogP contribution in [0.25, 0.3) is 0 Å². The monoisotopic (exact) mass is 297 g/mol. The Morgan fingerprint density at radius 2 is 2.30 bits per heavy atom. The van der Waals surface area contributed by atoms with E-state index in [9.17, 15) is 4.39 Å². The largest absolute Gasteiger partial charge is 0.352 e. The SMILES string of the molecule is CCCNCc1ccnc(N2CCSC(C)(C)C2)c1F. The van der Waals surface area contributed by atoms with Gasteiger partial charge in [0.25, 0.3) is 0 Å². The minimum absolute atomic E-state index is 0.156. The van der Waals surface area contributed by atoms with Crippen LogP contribution >= 0.6 is 11.8 Å². The van der Waals surface area contributed by atoms with E-state index in [0.29, 0.717) is 17.9 Å². The summed E-state index contributed by atoms with van der Waals surface area (Å²) in [6.45, 7) is 9.69. The van der Waals surface area contributed by atoms with Gasteiger partial charge in [-0.05, 0) is 32.9 Å². The summed E-state index contributed by atoms with van der Waals surface area (Å²) < 4.78 is 14.7. The molecule has 0 spiro atoms. The smallest absolute Gasteiger partial charge is 0.170 e. The second kappa shape index (κ2) is 6.76. The van der Waals surface area contributed by atoms with Gasteiger partial charge in [-0.2, -0.15) is 11.8 Å². The van der Waals surface area contributed by atoms with Crippen LogP contribution in [0.1, 0.15) is 32.8 Å². The highest BCUT2D eigenvalue weighted by Crippen LogP contribution is 2.32. The first-order valence-electron chi connectivity index (χ1n) is 7.26. The highest BCUT2D eigenvalue weighted by atomic mass is 32.2. The van der Waals surface area contributed by atoms with Gasteiger partial charge < -0.3 is 10.2 Å². The van der Waals surface area contributed by atoms with Gasteiger partial charge in [-0.25, -0.2) is 9.37 Å². The number of halogens is 1. The zero-order chi connectivity index (χ0) is 14.6. The number of anilines is 1. The molecular weight excluding hydrogens is 273 g/mol. The zero-order valence-corrected chi connectivity index (χ0v) is 13.4. The predicted octanol–water partition coefficient (Wildman–Crippen LogP) is 3.05. The average Bonchev–Trinajstić information content (AvgIpc) is 2.40. The van der Waals surface area contributed by atoms with Crippen molar-refractivity contribution in [1.29, 1.82) is 0 Å². The molecule has 1 fully saturated rings. The Labute approximate surface area is 125 Å². The van der Waals surface area contributed by atoms with Crippen molar-refractivity contribution in [1.82, 2.24) is 10.3 Å². The molecule has 0 unspecified atom stereocenters. The van der Waals surface area contributed by atoms with E-state index in [-0.39, 0.29) is 10.6 Å². The number of hydrogen-bond acceptors (Lipinski definition) is 4. The fraction of sp³-hybridized carbons (Fsp3) is 0.667. The molecule has 0 amide bonds. The van der Waals surface area contributed by atoms with Gasteiger partial charge in [0.15, 0.2) is 11.6 Å². The first kappa shape index (κ1) is 15.6. The molecular formula is C15H24FN3S. The number of nitrogens with one attached hydrogen (secondary N) is 1. The summed E-state index contributed by atoms with van der Waals surface area (Å²) in [5.41, 5.74) is 0.708. The molecule has 2 rings (SSSR count). The Balaban J connectivity index is 2.13. The third-order valence-electron chi connectivity index (χ3n) is 3.42. The van der Waals surface area contributed by atoms with Crippen LogP contribution in [0.5, 0.6) is 0 Å². The molecule has 5 heteroatoms. The molecule has 1 N–H and O–H groups in total. The van der Waals surface area contributed by atoms with Gasteiger partial charge in [0.1, 0.15) is 0 Å². The molecule has 0 saturated carbocycles. The molecule has 112 valence electrons. The van der Waals surface area contributed by atoms with Crippen LogP contribution in [0, 0.1) is 5.82 Å². The summed E-state index contributed by atoms with van der Waals surface area (Å²) in [6, 6.07) is 1.77. The van der Waals surface area contributed by atoms with Gasteiger partial charge in [-0.15, -0.1) is 0 Å². The van der Waals surface area contributed by atoms with Crippen molar-refractivity contribution in [2.24, 2.45) is 0 Å². The average molecular weight is 297 g/mol. The Bertz CT molecular complexity index is 451. The van der Waals surface area contributed by atoms with Crippen molar-refractivity contribution in [3.8, 4) is 0 Å². The van der Waals surface area contributed by atoms with Crippen molar-refractivity contribution in [2.45, 2.75) is 38.5 Å². The molecule has 1 aromatic rings. The maximum atomic E-state index is 14.6. The molecule has 0 atom stereocenters. The molecule has 3 nitrogen and oxygen atoms in total. The quantitative estimate of drug-likeness (QED) is 0.846. The van der Waals surface area contributed by atoms with Gasteiger partial charge in [0, 0.05) is 41.9 Å². The lowest BCUT2D eigenvalue weighted by Gasteiger charge is -2.38. The molecule has 0 bridgehead atoms. The lowest BCUT2D eigenvalue weighted by molar-refractivity contribution is 0.563. The van der Waals surface area contributed by atoms with Crippen molar-refractivity contribution in [3.05, 3.63) is 23.6 Å². The highest BCUT2D eigenvalue weighted by Gasteiger charge is 2.29. The number of nitrogens with zero attached hydrogens (tertiary/aromatic N) is 2. The van der Waals surface area contributed by atoms with E-state index in [4.69, 9.17) is 0 Å². The second-order valence-electron chi connectivity index (χ2n) is 5.81. The van der Waals surface area contributed by atoms with E-state index in [2.05, 4.69) is 36.0 Å². The van der Waals surface area contributed by atoms with E-state index in [0.717, 1.165) is 31.8 Å². The number of aromatic nitrogens is 1. The van der Waals surface area contributed by atoms with Crippen molar-refractivity contribution < 1.29 is 4.39 Å². The molecule has 0 radical (unpaired) electrons. The first-order valence-corrected chi connectivity index (χ1v) is 8.25. The number of hydrogen-bond donors (Lipinski definition) is 1. The third-order valence-corrected chi connectivity index (χ3v) is 4.72. The number of thioether (sulfide) groups is 1. The minimum Gasteiger partial charge on any atom is -0.352 e. The van der Waals surface area contributed by atoms with Gasteiger partial charge in [0.05, 0.1) is 0 Å². The van der Waals surface area contributed by atoms with Crippen molar-refractivity contribution in [2.75, 3.05) is 30.3 Å². The Hall–Kier alpha value is -0.810. The lowest BCUT2D eigenvalue weighted by atomic mass is 10.1. The van der Waals surface area contributed by atoms with Crippen LogP contribution in [0.2, 0.25) is 0 Å². The predicted molar refractivity (Wildman–Crippen MR) is 84.9 cm³/mol. The standard InChI is InChI=1S/C15H24FN3S/c1-4-6-17-10-12-5-7-18-14(13(12)16)19-8-9-20-15(2,3)11-19/h5,7,17H,4,6,8-11H2,1-3H3. The van der Waals surface area contributed by atoms with E-state index in [1.165, 1.54) is 0 Å². The molecule has 0 aromatic carbocycles. The van der Waals surface area contributed by atoms with Gasteiger partial charge >= 0.3 is 0 Å². The molecule has 20 heavy (non-hydrogen) atoms. The fourth-order valence-electron chi connectivity index (χ4n) is 2.43. The maximum Gasteiger partial charge on any atom is 0.170 e. The van der Waals surface area contributed by atoms with Gasteiger partial charge in [-0.3, -0.25) is 0 Å². The van der Waals surface area contributed by atoms with Crippen molar-refractivity contribution >= 4 is 17.6 Å². The third kappa shape index (κ3) is 3.85. The number of pyridine rings is 1. The normalized spacial score (nSPS) is 18.3. The van der Waals surface area contributed by atoms with Crippen molar-refractivity contribution in [3.63, 3.8) is 0 Å². The van der Waals surface area contributed by atoms with Crippen LogP contribution in [0.4, 0.5) is 10.2 Å². The van der Waals surface area contributed by atoms with E-state index in [1.807, 2.05) is 11.8 Å². The number of rotatable bonds is 5. The topological polar surface area (TPSA) is 28.2 Å². The van der Waals surface area contributed by atoms with Crippen LogP contribution in [-0.2, 0) is 6.54 Å². The zero-order valence-electron chi connectivity index (χ0n) is 12.6. The summed E-state index contributed by atoms with van der Waals surface area (Å²) >= 11 is 1.94. The van der Waals surface area contributed by atoms with E-state index >= 15 is 0 Å². The van der Waals surface area contributed by atoms with Crippen LogP contribution < -0.4 is 10.2 Å². The molecule has 2 heterocycles. The Morgan fingerprint density at radius 3 is 3.00 bits per heavy atom. The van der Waals surface area contributed by atoms with Gasteiger partial charge in [0.2, 0.25) is 0 Å². The summed E-state index contributed by atoms with van der Waals surface area (Å²) in [5, 5.41) is 3.25. The van der Waals surface area contributed by atoms with Crippen LogP contribution in [-0.4, -0.2) is 35.1 Å². The van der Waals surface area contributed by atoms with Gasteiger partial charge in [-0.1, -0.05) is 6.92 Å². The summed E-state index contributed by atoms with van der Waals surface area (Å²) in [4.78, 5) is 6.35. The summed E-state index contributed by atoms with van der Waals surface area (Å²) in [6.07, 6.45) is 2.77. The molecule has 1 aliphatic rings.